The maximum absolute atomic E-state index is 12.9. The van der Waals surface area contributed by atoms with Crippen LogP contribution in [0.2, 0.25) is 0 Å². The molecule has 0 bridgehead atoms. The lowest BCUT2D eigenvalue weighted by atomic mass is 10.1. The zero-order valence-corrected chi connectivity index (χ0v) is 13.2. The van der Waals surface area contributed by atoms with Gasteiger partial charge >= 0.3 is 0 Å². The van der Waals surface area contributed by atoms with Crippen LogP contribution in [0.15, 0.2) is 24.3 Å². The van der Waals surface area contributed by atoms with E-state index in [9.17, 15) is 4.39 Å². The Labute approximate surface area is 129 Å². The first-order valence-corrected chi connectivity index (χ1v) is 7.13. The highest BCUT2D eigenvalue weighted by Gasteiger charge is 2.17. The molecular weight excluding hydrogens is 287 g/mol. The van der Waals surface area contributed by atoms with E-state index >= 15 is 0 Å². The smallest absolute Gasteiger partial charge is 0.134 e. The molecular formula is C15H19FN4S. The van der Waals surface area contributed by atoms with E-state index in [-0.39, 0.29) is 11.9 Å². The van der Waals surface area contributed by atoms with Gasteiger partial charge in [0.2, 0.25) is 0 Å². The number of nitrogens with one attached hydrogen (secondary N) is 1. The summed E-state index contributed by atoms with van der Waals surface area (Å²) in [6, 6.07) is 6.65. The van der Waals surface area contributed by atoms with Gasteiger partial charge in [0.25, 0.3) is 0 Å². The van der Waals surface area contributed by atoms with E-state index in [0.717, 1.165) is 29.1 Å². The summed E-state index contributed by atoms with van der Waals surface area (Å²) in [5.74, 6) is 0.590. The van der Waals surface area contributed by atoms with Crippen LogP contribution in [0.5, 0.6) is 0 Å². The maximum Gasteiger partial charge on any atom is 0.134 e. The predicted octanol–water partition coefficient (Wildman–Crippen LogP) is 2.54. The van der Waals surface area contributed by atoms with Gasteiger partial charge in [-0.15, -0.1) is 0 Å². The number of aryl methyl sites for hydroxylation is 2. The van der Waals surface area contributed by atoms with Crippen LogP contribution in [-0.2, 0) is 13.5 Å². The Bertz CT molecular complexity index is 648. The van der Waals surface area contributed by atoms with Gasteiger partial charge in [0.15, 0.2) is 0 Å². The summed E-state index contributed by atoms with van der Waals surface area (Å²) in [4.78, 5) is 0.331. The highest BCUT2D eigenvalue weighted by Crippen LogP contribution is 2.20. The molecule has 21 heavy (non-hydrogen) atoms. The molecule has 0 aliphatic heterocycles. The normalized spacial score (nSPS) is 12.2. The maximum atomic E-state index is 12.9. The van der Waals surface area contributed by atoms with Crippen molar-refractivity contribution in [3.8, 4) is 0 Å². The van der Waals surface area contributed by atoms with E-state index in [1.165, 1.54) is 12.1 Å². The Balaban J connectivity index is 2.14. The lowest BCUT2D eigenvalue weighted by Gasteiger charge is -2.16. The van der Waals surface area contributed by atoms with Gasteiger partial charge < -0.3 is 11.1 Å². The topological polar surface area (TPSA) is 55.9 Å². The molecule has 1 heterocycles. The number of nitrogens with zero attached hydrogens (tertiary/aromatic N) is 2. The molecule has 1 atom stereocenters. The second kappa shape index (κ2) is 6.22. The van der Waals surface area contributed by atoms with Gasteiger partial charge in [-0.2, -0.15) is 5.10 Å². The van der Waals surface area contributed by atoms with Crippen LogP contribution in [0.1, 0.15) is 23.7 Å². The van der Waals surface area contributed by atoms with Crippen molar-refractivity contribution in [2.24, 2.45) is 12.8 Å². The number of hydrogen-bond donors (Lipinski definition) is 2. The standard InChI is InChI=1S/C15H19FN4S/c1-9(8-11-4-6-12(16)7-5-11)18-15-13(14(17)21)10(2)19-20(15)3/h4-7,9,18H,8H2,1-3H3,(H2,17,21). The minimum Gasteiger partial charge on any atom is -0.389 e. The van der Waals surface area contributed by atoms with Crippen molar-refractivity contribution in [1.29, 1.82) is 0 Å². The van der Waals surface area contributed by atoms with Crippen molar-refractivity contribution in [3.05, 3.63) is 46.9 Å². The average molecular weight is 306 g/mol. The second-order valence-electron chi connectivity index (χ2n) is 5.17. The molecule has 0 aliphatic carbocycles. The summed E-state index contributed by atoms with van der Waals surface area (Å²) in [6.07, 6.45) is 0.765. The fraction of sp³-hybridized carbons (Fsp3) is 0.333. The van der Waals surface area contributed by atoms with Gasteiger partial charge in [-0.3, -0.25) is 4.68 Å². The molecule has 0 saturated heterocycles. The van der Waals surface area contributed by atoms with Crippen LogP contribution < -0.4 is 11.1 Å². The van der Waals surface area contributed by atoms with Gasteiger partial charge in [0.05, 0.1) is 11.3 Å². The molecule has 2 rings (SSSR count). The number of benzene rings is 1. The number of halogens is 1. The van der Waals surface area contributed by atoms with Crippen molar-refractivity contribution in [2.45, 2.75) is 26.3 Å². The molecule has 1 aromatic heterocycles. The SMILES string of the molecule is Cc1nn(C)c(NC(C)Cc2ccc(F)cc2)c1C(N)=S. The summed E-state index contributed by atoms with van der Waals surface area (Å²) in [7, 11) is 1.85. The molecule has 0 saturated carbocycles. The van der Waals surface area contributed by atoms with E-state index in [2.05, 4.69) is 17.3 Å². The molecule has 112 valence electrons. The number of rotatable bonds is 5. The molecule has 0 amide bonds. The van der Waals surface area contributed by atoms with Gasteiger partial charge in [0.1, 0.15) is 16.6 Å². The molecule has 0 fully saturated rings. The van der Waals surface area contributed by atoms with Crippen LogP contribution in [0, 0.1) is 12.7 Å². The van der Waals surface area contributed by atoms with E-state index in [0.29, 0.717) is 4.99 Å². The zero-order valence-electron chi connectivity index (χ0n) is 12.4. The number of thiocarbonyl (C=S) groups is 1. The molecule has 4 nitrogen and oxygen atoms in total. The number of nitrogens with two attached hydrogens (primary N) is 1. The third-order valence-corrected chi connectivity index (χ3v) is 3.51. The predicted molar refractivity (Wildman–Crippen MR) is 87.0 cm³/mol. The minimum absolute atomic E-state index is 0.137. The fourth-order valence-corrected chi connectivity index (χ4v) is 2.62. The summed E-state index contributed by atoms with van der Waals surface area (Å²) < 4.78 is 14.7. The number of anilines is 1. The van der Waals surface area contributed by atoms with Crippen molar-refractivity contribution < 1.29 is 4.39 Å². The average Bonchev–Trinajstić information content (AvgIpc) is 2.67. The molecule has 3 N–H and O–H groups in total. The van der Waals surface area contributed by atoms with E-state index in [1.54, 1.807) is 16.8 Å². The van der Waals surface area contributed by atoms with Gasteiger partial charge in [-0.25, -0.2) is 4.39 Å². The highest BCUT2D eigenvalue weighted by atomic mass is 32.1. The van der Waals surface area contributed by atoms with E-state index in [4.69, 9.17) is 18.0 Å². The first kappa shape index (κ1) is 15.4. The molecule has 1 unspecified atom stereocenters. The Morgan fingerprint density at radius 2 is 2.05 bits per heavy atom. The van der Waals surface area contributed by atoms with Crippen LogP contribution in [0.3, 0.4) is 0 Å². The van der Waals surface area contributed by atoms with Gasteiger partial charge in [-0.1, -0.05) is 24.4 Å². The van der Waals surface area contributed by atoms with Crippen LogP contribution in [0.4, 0.5) is 10.2 Å². The number of hydrogen-bond acceptors (Lipinski definition) is 3. The third-order valence-electron chi connectivity index (χ3n) is 3.31. The molecule has 1 aromatic carbocycles. The second-order valence-corrected chi connectivity index (χ2v) is 5.61. The van der Waals surface area contributed by atoms with Crippen molar-refractivity contribution >= 4 is 23.0 Å². The van der Waals surface area contributed by atoms with Crippen molar-refractivity contribution in [2.75, 3.05) is 5.32 Å². The number of aromatic nitrogens is 2. The van der Waals surface area contributed by atoms with Crippen molar-refractivity contribution in [3.63, 3.8) is 0 Å². The third kappa shape index (κ3) is 3.58. The molecule has 0 spiro atoms. The summed E-state index contributed by atoms with van der Waals surface area (Å²) >= 11 is 5.09. The Morgan fingerprint density at radius 1 is 1.43 bits per heavy atom. The van der Waals surface area contributed by atoms with Crippen LogP contribution >= 0.6 is 12.2 Å². The quantitative estimate of drug-likeness (QED) is 0.834. The minimum atomic E-state index is -0.225. The van der Waals surface area contributed by atoms with Gasteiger partial charge in [-0.05, 0) is 38.0 Å². The van der Waals surface area contributed by atoms with Gasteiger partial charge in [0, 0.05) is 13.1 Å². The lowest BCUT2D eigenvalue weighted by Crippen LogP contribution is -2.22. The van der Waals surface area contributed by atoms with E-state index < -0.39 is 0 Å². The monoisotopic (exact) mass is 306 g/mol. The molecule has 6 heteroatoms. The Morgan fingerprint density at radius 3 is 2.62 bits per heavy atom. The fourth-order valence-electron chi connectivity index (χ4n) is 2.38. The summed E-state index contributed by atoms with van der Waals surface area (Å²) in [6.45, 7) is 3.93. The van der Waals surface area contributed by atoms with Crippen LogP contribution in [-0.4, -0.2) is 20.8 Å². The van der Waals surface area contributed by atoms with Crippen molar-refractivity contribution in [1.82, 2.24) is 9.78 Å². The van der Waals surface area contributed by atoms with Crippen LogP contribution in [0.25, 0.3) is 0 Å². The molecule has 0 aliphatic rings. The first-order chi connectivity index (χ1) is 9.88. The molecule has 2 aromatic rings. The molecule has 0 radical (unpaired) electrons. The summed E-state index contributed by atoms with van der Waals surface area (Å²) in [5.41, 5.74) is 8.42. The highest BCUT2D eigenvalue weighted by molar-refractivity contribution is 7.80. The zero-order chi connectivity index (χ0) is 15.6. The lowest BCUT2D eigenvalue weighted by molar-refractivity contribution is 0.626. The Kier molecular flexibility index (Phi) is 4.57. The Hall–Kier alpha value is -1.95. The first-order valence-electron chi connectivity index (χ1n) is 6.73. The summed E-state index contributed by atoms with van der Waals surface area (Å²) in [5, 5.41) is 7.72. The largest absolute Gasteiger partial charge is 0.389 e. The van der Waals surface area contributed by atoms with E-state index in [1.807, 2.05) is 14.0 Å².